The number of anilines is 1. The molecule has 9 heteroatoms. The first kappa shape index (κ1) is 22.2. The minimum atomic E-state index is -0.570. The van der Waals surface area contributed by atoms with E-state index in [1.165, 1.54) is 0 Å². The van der Waals surface area contributed by atoms with Crippen LogP contribution in [0.5, 0.6) is 5.75 Å². The third kappa shape index (κ3) is 4.05. The lowest BCUT2D eigenvalue weighted by atomic mass is 9.96. The van der Waals surface area contributed by atoms with E-state index in [-0.39, 0.29) is 5.91 Å². The van der Waals surface area contributed by atoms with Gasteiger partial charge in [-0.3, -0.25) is 4.79 Å². The molecule has 174 valence electrons. The summed E-state index contributed by atoms with van der Waals surface area (Å²) < 4.78 is 6.29. The lowest BCUT2D eigenvalue weighted by molar-refractivity contribution is -0.138. The van der Waals surface area contributed by atoms with E-state index in [1.54, 1.807) is 12.5 Å². The first-order valence-electron chi connectivity index (χ1n) is 11.2. The summed E-state index contributed by atoms with van der Waals surface area (Å²) in [6, 6.07) is 7.60. The highest BCUT2D eigenvalue weighted by Crippen LogP contribution is 2.42. The maximum atomic E-state index is 13.4. The van der Waals surface area contributed by atoms with E-state index in [2.05, 4.69) is 31.6 Å². The molecule has 2 aliphatic rings. The number of halogens is 1. The molecule has 1 N–H and O–H groups in total. The molecule has 34 heavy (non-hydrogen) atoms. The van der Waals surface area contributed by atoms with Gasteiger partial charge in [0.25, 0.3) is 5.91 Å². The van der Waals surface area contributed by atoms with Gasteiger partial charge in [-0.25, -0.2) is 15.0 Å². The summed E-state index contributed by atoms with van der Waals surface area (Å²) in [6.45, 7) is 8.27. The van der Waals surface area contributed by atoms with Gasteiger partial charge in [0.1, 0.15) is 23.7 Å². The molecule has 0 unspecified atom stereocenters. The van der Waals surface area contributed by atoms with Crippen molar-refractivity contribution >= 4 is 41.4 Å². The number of aromatic amines is 1. The number of aliphatic imine (C=N–C) groups is 1. The zero-order valence-electron chi connectivity index (χ0n) is 18.9. The van der Waals surface area contributed by atoms with E-state index in [9.17, 15) is 4.79 Å². The summed E-state index contributed by atoms with van der Waals surface area (Å²) in [5.74, 6) is 2.25. The summed E-state index contributed by atoms with van der Waals surface area (Å²) in [5.41, 5.74) is 3.61. The zero-order chi connectivity index (χ0) is 23.7. The number of aromatic nitrogens is 3. The molecular weight excluding hydrogens is 452 g/mol. The van der Waals surface area contributed by atoms with Gasteiger partial charge in [0.15, 0.2) is 6.10 Å². The minimum absolute atomic E-state index is 0.00210. The lowest BCUT2D eigenvalue weighted by Gasteiger charge is -2.36. The first-order valence-corrected chi connectivity index (χ1v) is 11.6. The summed E-state index contributed by atoms with van der Waals surface area (Å²) in [5, 5.41) is 0.604. The van der Waals surface area contributed by atoms with Crippen molar-refractivity contribution in [2.24, 2.45) is 4.99 Å². The van der Waals surface area contributed by atoms with Crippen molar-refractivity contribution in [2.75, 3.05) is 31.1 Å². The van der Waals surface area contributed by atoms with Crippen LogP contribution in [0.4, 0.5) is 11.6 Å². The zero-order valence-corrected chi connectivity index (χ0v) is 19.6. The van der Waals surface area contributed by atoms with E-state index in [0.29, 0.717) is 49.2 Å². The Morgan fingerprint density at radius 3 is 2.79 bits per heavy atom. The minimum Gasteiger partial charge on any atom is -0.479 e. The van der Waals surface area contributed by atoms with Gasteiger partial charge in [-0.1, -0.05) is 17.7 Å². The number of fused-ring (bicyclic) bond motifs is 1. The number of allylic oxidation sites excluding steroid dienone is 1. The number of hydrogen-bond donors (Lipinski definition) is 1. The van der Waals surface area contributed by atoms with Crippen LogP contribution in [-0.4, -0.2) is 64.8 Å². The second kappa shape index (κ2) is 9.30. The molecule has 0 bridgehead atoms. The number of piperazine rings is 1. The Bertz CT molecular complexity index is 1250. The first-order chi connectivity index (χ1) is 16.6. The SMILES string of the molecule is C=Nc1[nH]ccc1/C(=C\C)c1cc(Cl)cc2c1O[C@@H](C(=O)N1CCN(c3ccncn3)CC1)C2. The molecule has 5 rings (SSSR count). The molecule has 0 aliphatic carbocycles. The smallest absolute Gasteiger partial charge is 0.264 e. The van der Waals surface area contributed by atoms with Gasteiger partial charge < -0.3 is 19.5 Å². The summed E-state index contributed by atoms with van der Waals surface area (Å²) in [7, 11) is 0. The van der Waals surface area contributed by atoms with Gasteiger partial charge in [-0.15, -0.1) is 0 Å². The molecule has 1 atom stereocenters. The van der Waals surface area contributed by atoms with Crippen LogP contribution in [0.1, 0.15) is 23.6 Å². The van der Waals surface area contributed by atoms with Crippen LogP contribution in [0.3, 0.4) is 0 Å². The topological polar surface area (TPSA) is 86.7 Å². The Labute approximate surface area is 203 Å². The van der Waals surface area contributed by atoms with E-state index >= 15 is 0 Å². The van der Waals surface area contributed by atoms with Crippen LogP contribution in [0.2, 0.25) is 5.02 Å². The Hall–Kier alpha value is -3.65. The van der Waals surface area contributed by atoms with Crippen LogP contribution < -0.4 is 9.64 Å². The molecule has 4 heterocycles. The largest absolute Gasteiger partial charge is 0.479 e. The van der Waals surface area contributed by atoms with Gasteiger partial charge in [-0.2, -0.15) is 0 Å². The highest BCUT2D eigenvalue weighted by atomic mass is 35.5. The third-order valence-electron chi connectivity index (χ3n) is 6.31. The maximum absolute atomic E-state index is 13.4. The van der Waals surface area contributed by atoms with Crippen LogP contribution in [0, 0.1) is 0 Å². The van der Waals surface area contributed by atoms with E-state index in [4.69, 9.17) is 16.3 Å². The Morgan fingerprint density at radius 2 is 2.09 bits per heavy atom. The number of carbonyl (C=O) groups excluding carboxylic acids is 1. The fraction of sp³-hybridized carbons (Fsp3) is 0.280. The van der Waals surface area contributed by atoms with Crippen LogP contribution in [0.25, 0.3) is 5.57 Å². The van der Waals surface area contributed by atoms with Gasteiger partial charge in [0.05, 0.1) is 0 Å². The average molecular weight is 477 g/mol. The number of benzene rings is 1. The van der Waals surface area contributed by atoms with Gasteiger partial charge >= 0.3 is 0 Å². The highest BCUT2D eigenvalue weighted by Gasteiger charge is 2.36. The van der Waals surface area contributed by atoms with Crippen LogP contribution in [0.15, 0.2) is 54.1 Å². The summed E-state index contributed by atoms with van der Waals surface area (Å²) in [4.78, 5) is 32.8. The highest BCUT2D eigenvalue weighted by molar-refractivity contribution is 6.31. The van der Waals surface area contributed by atoms with Crippen molar-refractivity contribution in [2.45, 2.75) is 19.4 Å². The molecule has 0 spiro atoms. The van der Waals surface area contributed by atoms with E-state index < -0.39 is 6.10 Å². The summed E-state index contributed by atoms with van der Waals surface area (Å²) >= 11 is 6.48. The molecule has 0 radical (unpaired) electrons. The number of nitrogens with zero attached hydrogens (tertiary/aromatic N) is 5. The standard InChI is InChI=1S/C25H25ClN6O2/c1-3-18(19-4-7-29-24(19)27-2)20-14-17(26)12-16-13-21(34-23(16)20)25(33)32-10-8-31(9-11-32)22-5-6-28-15-30-22/h3-7,12,14-15,21,29H,2,8-11,13H2,1H3/b18-3+/t21-/m1/s1. The normalized spacial score (nSPS) is 17.9. The number of ether oxygens (including phenoxy) is 1. The molecule has 2 aromatic heterocycles. The summed E-state index contributed by atoms with van der Waals surface area (Å²) in [6.07, 6.45) is 7.01. The van der Waals surface area contributed by atoms with Crippen molar-refractivity contribution in [1.82, 2.24) is 19.9 Å². The molecule has 8 nitrogen and oxygen atoms in total. The van der Waals surface area contributed by atoms with Crippen molar-refractivity contribution < 1.29 is 9.53 Å². The van der Waals surface area contributed by atoms with Crippen molar-refractivity contribution in [3.05, 3.63) is 70.8 Å². The number of amides is 1. The Balaban J connectivity index is 1.34. The molecular formula is C25H25ClN6O2. The number of H-pyrrole nitrogens is 1. The molecule has 0 saturated carbocycles. The molecule has 1 amide bonds. The predicted octanol–water partition coefficient (Wildman–Crippen LogP) is 3.89. The number of hydrogen-bond acceptors (Lipinski definition) is 6. The number of rotatable bonds is 5. The third-order valence-corrected chi connectivity index (χ3v) is 6.52. The second-order valence-electron chi connectivity index (χ2n) is 8.23. The average Bonchev–Trinajstić information content (AvgIpc) is 3.52. The Morgan fingerprint density at radius 1 is 1.26 bits per heavy atom. The Kier molecular flexibility index (Phi) is 6.06. The van der Waals surface area contributed by atoms with Crippen molar-refractivity contribution in [3.8, 4) is 5.75 Å². The maximum Gasteiger partial charge on any atom is 0.264 e. The fourth-order valence-corrected chi connectivity index (χ4v) is 4.90. The molecule has 2 aliphatic heterocycles. The quantitative estimate of drug-likeness (QED) is 0.564. The van der Waals surface area contributed by atoms with E-state index in [1.807, 2.05) is 48.4 Å². The molecule has 3 aromatic rings. The van der Waals surface area contributed by atoms with E-state index in [0.717, 1.165) is 28.1 Å². The van der Waals surface area contributed by atoms with Crippen LogP contribution >= 0.6 is 11.6 Å². The van der Waals surface area contributed by atoms with Crippen molar-refractivity contribution in [3.63, 3.8) is 0 Å². The lowest BCUT2D eigenvalue weighted by Crippen LogP contribution is -2.52. The van der Waals surface area contributed by atoms with Gasteiger partial charge in [-0.05, 0) is 43.5 Å². The van der Waals surface area contributed by atoms with Crippen LogP contribution in [-0.2, 0) is 11.2 Å². The molecule has 1 aromatic carbocycles. The molecule has 1 fully saturated rings. The fourth-order valence-electron chi connectivity index (χ4n) is 4.66. The second-order valence-corrected chi connectivity index (χ2v) is 8.67. The number of carbonyl (C=O) groups is 1. The van der Waals surface area contributed by atoms with Gasteiger partial charge in [0.2, 0.25) is 0 Å². The van der Waals surface area contributed by atoms with Crippen molar-refractivity contribution in [1.29, 1.82) is 0 Å². The van der Waals surface area contributed by atoms with Gasteiger partial charge in [0, 0.05) is 66.7 Å². The predicted molar refractivity (Wildman–Crippen MR) is 133 cm³/mol. The number of nitrogens with one attached hydrogen (secondary N) is 1. The molecule has 1 saturated heterocycles. The monoisotopic (exact) mass is 476 g/mol.